The zero-order chi connectivity index (χ0) is 10.7. The van der Waals surface area contributed by atoms with Gasteiger partial charge in [0.2, 0.25) is 0 Å². The lowest BCUT2D eigenvalue weighted by atomic mass is 10.3. The van der Waals surface area contributed by atoms with Crippen molar-refractivity contribution < 1.29 is 9.90 Å². The number of pyridine rings is 1. The van der Waals surface area contributed by atoms with Crippen molar-refractivity contribution in [3.05, 3.63) is 30.4 Å². The number of aromatic amines is 1. The van der Waals surface area contributed by atoms with Gasteiger partial charge in [0.15, 0.2) is 5.16 Å². The van der Waals surface area contributed by atoms with Crippen molar-refractivity contribution in [2.45, 2.75) is 10.1 Å². The van der Waals surface area contributed by atoms with Crippen LogP contribution in [0.2, 0.25) is 0 Å². The molecule has 0 aromatic carbocycles. The largest absolute Gasteiger partial charge is 0.478 e. The van der Waals surface area contributed by atoms with Gasteiger partial charge in [0.05, 0.1) is 5.56 Å². The van der Waals surface area contributed by atoms with Gasteiger partial charge in [-0.3, -0.25) is 10.1 Å². The van der Waals surface area contributed by atoms with Gasteiger partial charge in [-0.05, 0) is 17.8 Å². The maximum atomic E-state index is 10.9. The maximum Gasteiger partial charge on any atom is 0.336 e. The second-order valence-electron chi connectivity index (χ2n) is 2.57. The summed E-state index contributed by atoms with van der Waals surface area (Å²) in [5.74, 6) is -0.987. The molecule has 0 saturated heterocycles. The highest BCUT2D eigenvalue weighted by Crippen LogP contribution is 2.26. The summed E-state index contributed by atoms with van der Waals surface area (Å²) in [6.07, 6.45) is 4.28. The second-order valence-corrected chi connectivity index (χ2v) is 3.60. The number of nitrogens with one attached hydrogen (secondary N) is 1. The van der Waals surface area contributed by atoms with Crippen LogP contribution in [0.15, 0.2) is 34.8 Å². The molecular formula is C8H6N4O2S. The van der Waals surface area contributed by atoms with Gasteiger partial charge in [0.1, 0.15) is 6.33 Å². The van der Waals surface area contributed by atoms with E-state index in [-0.39, 0.29) is 5.56 Å². The van der Waals surface area contributed by atoms with Gasteiger partial charge in [0.25, 0.3) is 0 Å². The lowest BCUT2D eigenvalue weighted by Gasteiger charge is -2.01. The second kappa shape index (κ2) is 4.09. The molecule has 6 nitrogen and oxygen atoms in total. The Bertz CT molecular complexity index is 471. The van der Waals surface area contributed by atoms with Crippen molar-refractivity contribution in [1.29, 1.82) is 0 Å². The van der Waals surface area contributed by atoms with Crippen LogP contribution < -0.4 is 0 Å². The smallest absolute Gasteiger partial charge is 0.336 e. The van der Waals surface area contributed by atoms with Crippen molar-refractivity contribution in [1.82, 2.24) is 20.2 Å². The summed E-state index contributed by atoms with van der Waals surface area (Å²) in [5, 5.41) is 15.7. The molecule has 0 amide bonds. The molecule has 2 aromatic heterocycles. The van der Waals surface area contributed by atoms with E-state index in [1.807, 2.05) is 0 Å². The number of aromatic carboxylic acids is 1. The number of hydrogen-bond donors (Lipinski definition) is 2. The monoisotopic (exact) mass is 222 g/mol. The van der Waals surface area contributed by atoms with E-state index in [4.69, 9.17) is 5.11 Å². The highest BCUT2D eigenvalue weighted by atomic mass is 32.2. The molecule has 0 fully saturated rings. The average molecular weight is 222 g/mol. The number of hydrogen-bond acceptors (Lipinski definition) is 5. The van der Waals surface area contributed by atoms with E-state index >= 15 is 0 Å². The lowest BCUT2D eigenvalue weighted by molar-refractivity contribution is 0.0693. The molecule has 0 aliphatic carbocycles. The minimum absolute atomic E-state index is 0.200. The number of carbonyl (C=O) groups is 1. The molecule has 0 atom stereocenters. The number of H-pyrrole nitrogens is 1. The third kappa shape index (κ3) is 2.13. The van der Waals surface area contributed by atoms with Crippen LogP contribution in [0.5, 0.6) is 0 Å². The molecule has 0 aliphatic heterocycles. The Morgan fingerprint density at radius 2 is 2.40 bits per heavy atom. The van der Waals surface area contributed by atoms with Crippen molar-refractivity contribution in [3.8, 4) is 0 Å². The first kappa shape index (κ1) is 9.66. The van der Waals surface area contributed by atoms with Gasteiger partial charge in [0, 0.05) is 17.3 Å². The number of carboxylic acids is 1. The standard InChI is InChI=1S/C8H6N4O2S/c13-7(14)5-1-2-9-3-6(5)15-8-10-4-11-12-8/h1-4H,(H,13,14)(H,10,11,12). The van der Waals surface area contributed by atoms with Gasteiger partial charge in [-0.1, -0.05) is 0 Å². The first-order valence-electron chi connectivity index (χ1n) is 3.98. The van der Waals surface area contributed by atoms with Crippen LogP contribution in [0.4, 0.5) is 0 Å². The summed E-state index contributed by atoms with van der Waals surface area (Å²) in [6, 6.07) is 1.45. The minimum atomic E-state index is -0.987. The van der Waals surface area contributed by atoms with E-state index in [1.165, 1.54) is 36.5 Å². The van der Waals surface area contributed by atoms with Crippen LogP contribution in [0.1, 0.15) is 10.4 Å². The first-order valence-corrected chi connectivity index (χ1v) is 4.79. The summed E-state index contributed by atoms with van der Waals surface area (Å²) in [6.45, 7) is 0. The molecule has 2 rings (SSSR count). The third-order valence-corrected chi connectivity index (χ3v) is 2.55. The summed E-state index contributed by atoms with van der Waals surface area (Å²) in [5.41, 5.74) is 0.200. The molecule has 2 heterocycles. The Kier molecular flexibility index (Phi) is 2.64. The van der Waals surface area contributed by atoms with E-state index < -0.39 is 5.97 Å². The van der Waals surface area contributed by atoms with Gasteiger partial charge in [-0.15, -0.1) is 0 Å². The molecule has 15 heavy (non-hydrogen) atoms. The van der Waals surface area contributed by atoms with Crippen molar-refractivity contribution in [2.75, 3.05) is 0 Å². The third-order valence-electron chi connectivity index (χ3n) is 1.61. The normalized spacial score (nSPS) is 10.1. The summed E-state index contributed by atoms with van der Waals surface area (Å²) in [4.78, 5) is 19.1. The molecule has 0 aliphatic rings. The summed E-state index contributed by atoms with van der Waals surface area (Å²) < 4.78 is 0. The fourth-order valence-corrected chi connectivity index (χ4v) is 1.77. The molecule has 0 radical (unpaired) electrons. The molecular weight excluding hydrogens is 216 g/mol. The van der Waals surface area contributed by atoms with E-state index in [9.17, 15) is 4.79 Å². The Balaban J connectivity index is 2.32. The van der Waals surface area contributed by atoms with Crippen LogP contribution in [-0.2, 0) is 0 Å². The molecule has 2 N–H and O–H groups in total. The zero-order valence-electron chi connectivity index (χ0n) is 7.41. The van der Waals surface area contributed by atoms with Crippen molar-refractivity contribution >= 4 is 17.7 Å². The minimum Gasteiger partial charge on any atom is -0.478 e. The Morgan fingerprint density at radius 1 is 1.53 bits per heavy atom. The van der Waals surface area contributed by atoms with E-state index in [0.29, 0.717) is 10.1 Å². The van der Waals surface area contributed by atoms with Gasteiger partial charge in [-0.2, -0.15) is 5.10 Å². The van der Waals surface area contributed by atoms with Gasteiger partial charge < -0.3 is 5.11 Å². The number of nitrogens with zero attached hydrogens (tertiary/aromatic N) is 3. The van der Waals surface area contributed by atoms with Crippen LogP contribution in [0.25, 0.3) is 0 Å². The van der Waals surface area contributed by atoms with Crippen molar-refractivity contribution in [3.63, 3.8) is 0 Å². The van der Waals surface area contributed by atoms with Crippen LogP contribution >= 0.6 is 11.8 Å². The van der Waals surface area contributed by atoms with E-state index in [1.54, 1.807) is 0 Å². The molecule has 76 valence electrons. The fourth-order valence-electron chi connectivity index (χ4n) is 0.986. The first-order chi connectivity index (χ1) is 7.27. The lowest BCUT2D eigenvalue weighted by Crippen LogP contribution is -1.99. The molecule has 0 unspecified atom stereocenters. The summed E-state index contributed by atoms with van der Waals surface area (Å²) >= 11 is 1.18. The van der Waals surface area contributed by atoms with Crippen LogP contribution in [-0.4, -0.2) is 31.2 Å². The topological polar surface area (TPSA) is 91.8 Å². The number of aromatic nitrogens is 4. The fraction of sp³-hybridized carbons (Fsp3) is 0. The quantitative estimate of drug-likeness (QED) is 0.806. The molecule has 0 bridgehead atoms. The highest BCUT2D eigenvalue weighted by Gasteiger charge is 2.11. The highest BCUT2D eigenvalue weighted by molar-refractivity contribution is 7.99. The Hall–Kier alpha value is -1.89. The maximum absolute atomic E-state index is 10.9. The summed E-state index contributed by atoms with van der Waals surface area (Å²) in [7, 11) is 0. The van der Waals surface area contributed by atoms with Gasteiger partial charge >= 0.3 is 5.97 Å². The van der Waals surface area contributed by atoms with E-state index in [0.717, 1.165) is 0 Å². The number of carboxylic acid groups (broad SMARTS) is 1. The predicted molar refractivity (Wildman–Crippen MR) is 51.7 cm³/mol. The van der Waals surface area contributed by atoms with E-state index in [2.05, 4.69) is 20.2 Å². The van der Waals surface area contributed by atoms with Crippen LogP contribution in [0, 0.1) is 0 Å². The molecule has 2 aromatic rings. The predicted octanol–water partition coefficient (Wildman–Crippen LogP) is 1.05. The molecule has 0 spiro atoms. The molecule has 0 saturated carbocycles. The Labute approximate surface area is 88.8 Å². The van der Waals surface area contributed by atoms with Crippen molar-refractivity contribution in [2.24, 2.45) is 0 Å². The van der Waals surface area contributed by atoms with Crippen LogP contribution in [0.3, 0.4) is 0 Å². The molecule has 7 heteroatoms. The zero-order valence-corrected chi connectivity index (χ0v) is 8.23. The van der Waals surface area contributed by atoms with Gasteiger partial charge in [-0.25, -0.2) is 9.78 Å². The Morgan fingerprint density at radius 3 is 3.07 bits per heavy atom. The average Bonchev–Trinajstić information content (AvgIpc) is 2.71. The number of rotatable bonds is 3. The SMILES string of the molecule is O=C(O)c1ccncc1Sc1ncn[nH]1.